The van der Waals surface area contributed by atoms with E-state index in [-0.39, 0.29) is 0 Å². The van der Waals surface area contributed by atoms with Gasteiger partial charge in [-0.15, -0.1) is 6.58 Å². The van der Waals surface area contributed by atoms with E-state index in [2.05, 4.69) is 6.58 Å². The molecule has 0 aliphatic rings. The lowest BCUT2D eigenvalue weighted by atomic mass is 10.1. The zero-order valence-electron chi connectivity index (χ0n) is 15.1. The summed E-state index contributed by atoms with van der Waals surface area (Å²) in [6.45, 7) is 6.38. The Morgan fingerprint density at radius 3 is 2.21 bits per heavy atom. The lowest BCUT2D eigenvalue weighted by Crippen LogP contribution is -2.01. The molecule has 0 bridgehead atoms. The number of allylic oxidation sites excluding steroid dienone is 1. The van der Waals surface area contributed by atoms with Gasteiger partial charge in [0.05, 0.1) is 19.4 Å². The maximum atomic E-state index is 12.7. The molecule has 1 atom stereocenters. The maximum absolute atomic E-state index is 12.7. The van der Waals surface area contributed by atoms with Crippen molar-refractivity contribution >= 4 is 7.60 Å². The third-order valence-electron chi connectivity index (χ3n) is 3.94. The fraction of sp³-hybridized carbons (Fsp3) is 0.600. The molecule has 1 rings (SSSR count). The minimum Gasteiger partial charge on any atom is -0.309 e. The highest BCUT2D eigenvalue weighted by molar-refractivity contribution is 7.53. The van der Waals surface area contributed by atoms with Gasteiger partial charge < -0.3 is 9.05 Å². The number of benzene rings is 1. The van der Waals surface area contributed by atoms with Crippen molar-refractivity contribution in [2.45, 2.75) is 64.9 Å². The number of hydrogen-bond donors (Lipinski definition) is 0. The summed E-state index contributed by atoms with van der Waals surface area (Å²) in [6, 6.07) is 9.83. The second-order valence-electron chi connectivity index (χ2n) is 6.06. The van der Waals surface area contributed by atoms with Gasteiger partial charge in [-0.2, -0.15) is 0 Å². The van der Waals surface area contributed by atoms with Crippen molar-refractivity contribution < 1.29 is 13.6 Å². The largest absolute Gasteiger partial charge is 0.330 e. The summed E-state index contributed by atoms with van der Waals surface area (Å²) in [7, 11) is -2.97. The second-order valence-corrected chi connectivity index (χ2v) is 8.25. The third-order valence-corrected chi connectivity index (χ3v) is 5.97. The molecule has 0 aromatic heterocycles. The van der Waals surface area contributed by atoms with E-state index in [0.29, 0.717) is 19.4 Å². The van der Waals surface area contributed by atoms with Gasteiger partial charge in [0.1, 0.15) is 0 Å². The van der Waals surface area contributed by atoms with Gasteiger partial charge in [0.25, 0.3) is 0 Å². The monoisotopic (exact) mass is 352 g/mol. The molecule has 0 saturated heterocycles. The van der Waals surface area contributed by atoms with Crippen LogP contribution in [0.1, 0.15) is 63.9 Å². The fourth-order valence-electron chi connectivity index (χ4n) is 2.59. The third kappa shape index (κ3) is 10.1. The highest BCUT2D eigenvalue weighted by Crippen LogP contribution is 2.49. The van der Waals surface area contributed by atoms with Crippen LogP contribution in [0.15, 0.2) is 43.0 Å². The van der Waals surface area contributed by atoms with E-state index in [4.69, 9.17) is 9.05 Å². The summed E-state index contributed by atoms with van der Waals surface area (Å²) in [4.78, 5) is 0. The molecular weight excluding hydrogens is 319 g/mol. The van der Waals surface area contributed by atoms with Crippen LogP contribution in [-0.2, 0) is 20.2 Å². The first-order valence-electron chi connectivity index (χ1n) is 9.23. The van der Waals surface area contributed by atoms with E-state index >= 15 is 0 Å². The van der Waals surface area contributed by atoms with Gasteiger partial charge in [-0.05, 0) is 31.7 Å². The Bertz CT molecular complexity index is 473. The molecule has 3 nitrogen and oxygen atoms in total. The minimum atomic E-state index is -2.97. The summed E-state index contributed by atoms with van der Waals surface area (Å²) in [5.41, 5.74) is 1.02. The summed E-state index contributed by atoms with van der Waals surface area (Å²) in [5.74, 6) is 0. The van der Waals surface area contributed by atoms with Crippen LogP contribution in [0.2, 0.25) is 0 Å². The topological polar surface area (TPSA) is 35.5 Å². The zero-order chi connectivity index (χ0) is 17.5. The first kappa shape index (κ1) is 21.2. The Labute approximate surface area is 148 Å². The summed E-state index contributed by atoms with van der Waals surface area (Å²) in [5, 5.41) is 0. The van der Waals surface area contributed by atoms with Crippen LogP contribution < -0.4 is 0 Å². The molecule has 0 radical (unpaired) electrons. The van der Waals surface area contributed by atoms with Crippen molar-refractivity contribution in [3.8, 4) is 0 Å². The molecule has 1 aromatic rings. The molecule has 24 heavy (non-hydrogen) atoms. The molecule has 0 N–H and O–H groups in total. The van der Waals surface area contributed by atoms with Gasteiger partial charge in [-0.1, -0.05) is 68.5 Å². The van der Waals surface area contributed by atoms with Crippen molar-refractivity contribution in [2.75, 3.05) is 12.8 Å². The Morgan fingerprint density at radius 2 is 1.58 bits per heavy atom. The highest BCUT2D eigenvalue weighted by atomic mass is 31.2. The number of hydrogen-bond acceptors (Lipinski definition) is 3. The molecular formula is C20H33O3P. The average Bonchev–Trinajstić information content (AvgIpc) is 2.60. The molecule has 0 saturated carbocycles. The van der Waals surface area contributed by atoms with Crippen molar-refractivity contribution in [3.63, 3.8) is 0 Å². The van der Waals surface area contributed by atoms with Gasteiger partial charge in [-0.25, -0.2) is 0 Å². The fourth-order valence-corrected chi connectivity index (χ4v) is 4.27. The van der Waals surface area contributed by atoms with Crippen LogP contribution in [-0.4, -0.2) is 12.8 Å². The van der Waals surface area contributed by atoms with E-state index in [0.717, 1.165) is 24.8 Å². The van der Waals surface area contributed by atoms with Gasteiger partial charge in [0, 0.05) is 0 Å². The molecule has 0 aliphatic heterocycles. The molecule has 136 valence electrons. The Balaban J connectivity index is 2.19. The van der Waals surface area contributed by atoms with Crippen LogP contribution in [0.25, 0.3) is 0 Å². The Morgan fingerprint density at radius 1 is 0.958 bits per heavy atom. The Hall–Kier alpha value is -0.890. The van der Waals surface area contributed by atoms with Crippen molar-refractivity contribution in [3.05, 3.63) is 48.6 Å². The van der Waals surface area contributed by atoms with Gasteiger partial charge in [0.2, 0.25) is 0 Å². The van der Waals surface area contributed by atoms with Crippen LogP contribution in [0.3, 0.4) is 0 Å². The second kappa shape index (κ2) is 13.4. The van der Waals surface area contributed by atoms with Crippen molar-refractivity contribution in [1.82, 2.24) is 0 Å². The molecule has 1 aromatic carbocycles. The van der Waals surface area contributed by atoms with Gasteiger partial charge in [0.15, 0.2) is 0 Å². The summed E-state index contributed by atoms with van der Waals surface area (Å²) >= 11 is 0. The first-order valence-corrected chi connectivity index (χ1v) is 11.0. The van der Waals surface area contributed by atoms with Crippen LogP contribution in [0, 0.1) is 0 Å². The van der Waals surface area contributed by atoms with Gasteiger partial charge in [-0.3, -0.25) is 4.57 Å². The Kier molecular flexibility index (Phi) is 11.8. The van der Waals surface area contributed by atoms with Crippen molar-refractivity contribution in [2.24, 2.45) is 0 Å². The van der Waals surface area contributed by atoms with E-state index in [1.807, 2.05) is 43.3 Å². The average molecular weight is 352 g/mol. The molecule has 0 spiro atoms. The number of rotatable bonds is 15. The zero-order valence-corrected chi connectivity index (χ0v) is 16.0. The lowest BCUT2D eigenvalue weighted by molar-refractivity contribution is 0.204. The minimum absolute atomic E-state index is 0.349. The highest BCUT2D eigenvalue weighted by Gasteiger charge is 2.23. The van der Waals surface area contributed by atoms with E-state index in [1.54, 1.807) is 0 Å². The predicted molar refractivity (Wildman–Crippen MR) is 102 cm³/mol. The normalized spacial score (nSPS) is 13.5. The lowest BCUT2D eigenvalue weighted by Gasteiger charge is -2.18. The molecule has 0 heterocycles. The first-order chi connectivity index (χ1) is 11.7. The predicted octanol–water partition coefficient (Wildman–Crippen LogP) is 6.74. The smallest absolute Gasteiger partial charge is 0.309 e. The molecule has 0 amide bonds. The van der Waals surface area contributed by atoms with E-state index in [1.165, 1.54) is 32.1 Å². The summed E-state index contributed by atoms with van der Waals surface area (Å²) in [6.07, 6.45) is 11.9. The van der Waals surface area contributed by atoms with Crippen LogP contribution in [0.5, 0.6) is 0 Å². The number of unbranched alkanes of at least 4 members (excludes halogenated alkanes) is 7. The van der Waals surface area contributed by atoms with Gasteiger partial charge >= 0.3 is 7.60 Å². The molecule has 0 fully saturated rings. The molecule has 0 unspecified atom stereocenters. The van der Waals surface area contributed by atoms with Crippen molar-refractivity contribution in [1.29, 1.82) is 0 Å². The van der Waals surface area contributed by atoms with Crippen LogP contribution >= 0.6 is 7.60 Å². The quantitative estimate of drug-likeness (QED) is 0.199. The van der Waals surface area contributed by atoms with E-state index in [9.17, 15) is 4.57 Å². The standard InChI is InChI=1S/C20H33O3P/c1-3-5-6-7-8-9-10-11-15-18-24(21,22-4-2)23-19-20-16-13-12-14-17-20/h3,12-14,16-17H,1,4-11,15,18-19H2,2H3/t24-/m1/s1. The van der Waals surface area contributed by atoms with Crippen LogP contribution in [0.4, 0.5) is 0 Å². The SMILES string of the molecule is C=CCCCCCCCCC[P@@](=O)(OCC)OCc1ccccc1. The van der Waals surface area contributed by atoms with E-state index < -0.39 is 7.60 Å². The molecule has 4 heteroatoms. The summed E-state index contributed by atoms with van der Waals surface area (Å²) < 4.78 is 23.8. The maximum Gasteiger partial charge on any atom is 0.330 e. The molecule has 0 aliphatic carbocycles.